The molecule has 3 N–H and O–H groups in total. The molecule has 0 aliphatic carbocycles. The Kier molecular flexibility index (Phi) is 5.07. The normalized spacial score (nSPS) is 11.5. The molecule has 0 aromatic heterocycles. The van der Waals surface area contributed by atoms with Crippen molar-refractivity contribution in [1.29, 1.82) is 0 Å². The Labute approximate surface area is 64.0 Å². The highest BCUT2D eigenvalue weighted by atomic mass is 19.1. The average molecular weight is 159 g/mol. The molecule has 0 aliphatic heterocycles. The van der Waals surface area contributed by atoms with Gasteiger partial charge in [-0.3, -0.25) is 4.79 Å². The van der Waals surface area contributed by atoms with Crippen LogP contribution in [0, 0.1) is 0 Å². The molecule has 4 heteroatoms. The van der Waals surface area contributed by atoms with Crippen molar-refractivity contribution in [2.24, 2.45) is 5.73 Å². The van der Waals surface area contributed by atoms with Crippen molar-refractivity contribution < 1.29 is 14.3 Å². The van der Waals surface area contributed by atoms with Gasteiger partial charge in [-0.25, -0.2) is 4.39 Å². The van der Waals surface area contributed by atoms with Crippen LogP contribution in [0.2, 0.25) is 0 Å². The van der Waals surface area contributed by atoms with Gasteiger partial charge in [0.15, 0.2) is 0 Å². The molecule has 0 saturated heterocycles. The molecule has 0 bridgehead atoms. The molecular weight excluding hydrogens is 149 g/mol. The molecule has 0 spiro atoms. The van der Waals surface area contributed by atoms with Crippen LogP contribution in [-0.4, -0.2) is 17.1 Å². The molecule has 1 atom stereocenters. The van der Waals surface area contributed by atoms with E-state index in [0.29, 0.717) is 6.42 Å². The summed E-state index contributed by atoms with van der Waals surface area (Å²) in [7, 11) is 0. The molecule has 11 heavy (non-hydrogen) atoms. The predicted molar refractivity (Wildman–Crippen MR) is 38.6 cm³/mol. The fourth-order valence-corrected chi connectivity index (χ4v) is 0.533. The molecule has 0 heterocycles. The first kappa shape index (κ1) is 9.88. The van der Waals surface area contributed by atoms with Gasteiger partial charge in [-0.2, -0.15) is 0 Å². The van der Waals surface area contributed by atoms with Gasteiger partial charge in [0.1, 0.15) is 6.33 Å². The number of hydrogen-bond acceptors (Lipinski definition) is 2. The van der Waals surface area contributed by atoms with E-state index in [1.165, 1.54) is 6.08 Å². The number of carbonyl (C=O) groups is 1. The maximum absolute atomic E-state index is 11.3. The predicted octanol–water partition coefficient (Wildman–Crippen LogP) is 0.817. The fourth-order valence-electron chi connectivity index (χ4n) is 0.533. The zero-order valence-electron chi connectivity index (χ0n) is 5.96. The molecular formula is C7H10FNO2. The van der Waals surface area contributed by atoms with Crippen LogP contribution in [0.1, 0.15) is 12.8 Å². The van der Waals surface area contributed by atoms with Crippen molar-refractivity contribution in [3.63, 3.8) is 0 Å². The van der Waals surface area contributed by atoms with Crippen molar-refractivity contribution in [1.82, 2.24) is 0 Å². The van der Waals surface area contributed by atoms with E-state index < -0.39 is 12.0 Å². The molecule has 3 nitrogen and oxygen atoms in total. The molecule has 0 rings (SSSR count). The quantitative estimate of drug-likeness (QED) is 0.597. The van der Waals surface area contributed by atoms with Crippen molar-refractivity contribution in [3.05, 3.63) is 18.1 Å². The fraction of sp³-hybridized carbons (Fsp3) is 0.429. The van der Waals surface area contributed by atoms with Crippen molar-refractivity contribution in [2.75, 3.05) is 0 Å². The number of nitrogens with two attached hydrogens (primary N) is 1. The lowest BCUT2D eigenvalue weighted by Crippen LogP contribution is -2.17. The minimum Gasteiger partial charge on any atom is -0.481 e. The summed E-state index contributed by atoms with van der Waals surface area (Å²) in [6, 6.07) is -0.432. The summed E-state index contributed by atoms with van der Waals surface area (Å²) in [5.74, 6) is -0.905. The lowest BCUT2D eigenvalue weighted by atomic mass is 10.2. The van der Waals surface area contributed by atoms with Gasteiger partial charge in [-0.15, -0.1) is 0 Å². The van der Waals surface area contributed by atoms with Crippen LogP contribution >= 0.6 is 0 Å². The van der Waals surface area contributed by atoms with Gasteiger partial charge < -0.3 is 10.8 Å². The highest BCUT2D eigenvalue weighted by molar-refractivity contribution is 5.66. The molecule has 62 valence electrons. The summed E-state index contributed by atoms with van der Waals surface area (Å²) < 4.78 is 11.3. The summed E-state index contributed by atoms with van der Waals surface area (Å²) >= 11 is 0. The van der Waals surface area contributed by atoms with Crippen LogP contribution in [0.25, 0.3) is 0 Å². The third-order valence-corrected chi connectivity index (χ3v) is 1.06. The number of halogens is 1. The largest absolute Gasteiger partial charge is 0.481 e. The molecule has 0 aliphatic rings. The molecule has 0 amide bonds. The van der Waals surface area contributed by atoms with E-state index in [1.54, 1.807) is 0 Å². The highest BCUT2D eigenvalue weighted by Crippen LogP contribution is 1.94. The summed E-state index contributed by atoms with van der Waals surface area (Å²) in [6.07, 6.45) is 1.82. The first-order valence-electron chi connectivity index (χ1n) is 3.15. The summed E-state index contributed by atoms with van der Waals surface area (Å²) in [6.45, 7) is 0. The number of carboxylic acids is 1. The first-order chi connectivity index (χ1) is 5.16. The third-order valence-electron chi connectivity index (χ3n) is 1.06. The summed E-state index contributed by atoms with van der Waals surface area (Å²) in [5, 5.41) is 8.22. The lowest BCUT2D eigenvalue weighted by Gasteiger charge is -2.00. The molecule has 0 radical (unpaired) electrons. The maximum atomic E-state index is 11.3. The molecule has 0 fully saturated rings. The number of hydrogen-bond donors (Lipinski definition) is 2. The zero-order valence-corrected chi connectivity index (χ0v) is 5.96. The zero-order chi connectivity index (χ0) is 8.69. The van der Waals surface area contributed by atoms with E-state index in [1.807, 2.05) is 0 Å². The van der Waals surface area contributed by atoms with E-state index in [9.17, 15) is 9.18 Å². The number of carboxylic acid groups (broad SMARTS) is 1. The molecule has 0 aromatic carbocycles. The van der Waals surface area contributed by atoms with E-state index in [-0.39, 0.29) is 12.8 Å². The maximum Gasteiger partial charge on any atom is 0.303 e. The van der Waals surface area contributed by atoms with Crippen molar-refractivity contribution in [3.8, 4) is 0 Å². The lowest BCUT2D eigenvalue weighted by molar-refractivity contribution is -0.137. The van der Waals surface area contributed by atoms with Gasteiger partial charge in [0.05, 0.1) is 0 Å². The molecule has 0 aromatic rings. The summed E-state index contributed by atoms with van der Waals surface area (Å²) in [5.41, 5.74) is 7.48. The Morgan fingerprint density at radius 2 is 2.45 bits per heavy atom. The van der Waals surface area contributed by atoms with Crippen molar-refractivity contribution >= 4 is 5.97 Å². The second-order valence-corrected chi connectivity index (χ2v) is 2.04. The Hall–Kier alpha value is -1.12. The summed E-state index contributed by atoms with van der Waals surface area (Å²) in [4.78, 5) is 10.0. The highest BCUT2D eigenvalue weighted by Gasteiger charge is 2.00. The topological polar surface area (TPSA) is 63.3 Å². The van der Waals surface area contributed by atoms with E-state index in [2.05, 4.69) is 5.73 Å². The Morgan fingerprint density at radius 3 is 2.91 bits per heavy atom. The average Bonchev–Trinajstić information content (AvgIpc) is 1.97. The van der Waals surface area contributed by atoms with Crippen LogP contribution in [0.3, 0.4) is 0 Å². The van der Waals surface area contributed by atoms with Crippen molar-refractivity contribution in [2.45, 2.75) is 18.9 Å². The van der Waals surface area contributed by atoms with Crippen LogP contribution in [0.4, 0.5) is 4.39 Å². The van der Waals surface area contributed by atoms with Gasteiger partial charge in [0.2, 0.25) is 0 Å². The van der Waals surface area contributed by atoms with Gasteiger partial charge in [0, 0.05) is 12.5 Å². The molecule has 1 unspecified atom stereocenters. The Bertz CT molecular complexity index is 185. The monoisotopic (exact) mass is 159 g/mol. The minimum atomic E-state index is -0.905. The van der Waals surface area contributed by atoms with Gasteiger partial charge in [-0.05, 0) is 12.5 Å². The van der Waals surface area contributed by atoms with Gasteiger partial charge in [-0.1, -0.05) is 5.73 Å². The smallest absolute Gasteiger partial charge is 0.303 e. The minimum absolute atomic E-state index is 0.00830. The first-order valence-corrected chi connectivity index (χ1v) is 3.15. The number of aliphatic carboxylic acids is 1. The van der Waals surface area contributed by atoms with Gasteiger partial charge in [0.25, 0.3) is 0 Å². The van der Waals surface area contributed by atoms with Crippen LogP contribution in [0.5, 0.6) is 0 Å². The Balaban J connectivity index is 3.61. The second kappa shape index (κ2) is 5.65. The third kappa shape index (κ3) is 6.77. The van der Waals surface area contributed by atoms with E-state index in [4.69, 9.17) is 10.8 Å². The van der Waals surface area contributed by atoms with Crippen LogP contribution in [0.15, 0.2) is 18.1 Å². The SMILES string of the molecule is NC(C=C=CF)CCC(=O)O. The molecule has 0 saturated carbocycles. The van der Waals surface area contributed by atoms with Crippen LogP contribution < -0.4 is 5.73 Å². The van der Waals surface area contributed by atoms with E-state index >= 15 is 0 Å². The second-order valence-electron chi connectivity index (χ2n) is 2.04. The standard InChI is InChI=1S/C7H10FNO2/c8-5-1-2-6(9)3-4-7(10)11/h2,5-6H,3-4,9H2,(H,10,11). The van der Waals surface area contributed by atoms with Crippen LogP contribution in [-0.2, 0) is 4.79 Å². The Morgan fingerprint density at radius 1 is 1.82 bits per heavy atom. The van der Waals surface area contributed by atoms with Gasteiger partial charge >= 0.3 is 5.97 Å². The van der Waals surface area contributed by atoms with E-state index in [0.717, 1.165) is 0 Å². The number of rotatable bonds is 4.